The van der Waals surface area contributed by atoms with E-state index in [4.69, 9.17) is 11.6 Å². The summed E-state index contributed by atoms with van der Waals surface area (Å²) in [6, 6.07) is 8.08. The van der Waals surface area contributed by atoms with Crippen LogP contribution in [0.2, 0.25) is 0 Å². The molecule has 1 unspecified atom stereocenters. The van der Waals surface area contributed by atoms with Crippen LogP contribution in [0.25, 0.3) is 0 Å². The largest absolute Gasteiger partial charge is 0.342 e. The predicted octanol–water partition coefficient (Wildman–Crippen LogP) is 4.03. The van der Waals surface area contributed by atoms with Gasteiger partial charge in [-0.05, 0) is 37.3 Å². The molecule has 1 aromatic carbocycles. The number of nitrogens with zero attached hydrogens (tertiary/aromatic N) is 1. The molecule has 0 saturated heterocycles. The van der Waals surface area contributed by atoms with Crippen molar-refractivity contribution in [3.63, 3.8) is 0 Å². The lowest BCUT2D eigenvalue weighted by molar-refractivity contribution is -0.130. The Hall–Kier alpha value is -1.02. The number of carbonyl (C=O) groups excluding carboxylic acids is 1. The highest BCUT2D eigenvalue weighted by atomic mass is 35.5. The molecule has 0 spiro atoms. The van der Waals surface area contributed by atoms with Crippen LogP contribution in [0.4, 0.5) is 0 Å². The second kappa shape index (κ2) is 7.54. The van der Waals surface area contributed by atoms with Crippen molar-refractivity contribution < 1.29 is 4.79 Å². The molecule has 1 rings (SSSR count). The Labute approximate surface area is 121 Å². The molecular formula is C16H24ClNO. The lowest BCUT2D eigenvalue weighted by Crippen LogP contribution is -2.33. The minimum atomic E-state index is -0.576. The number of benzene rings is 1. The molecule has 0 aliphatic carbocycles. The van der Waals surface area contributed by atoms with Crippen LogP contribution >= 0.6 is 11.6 Å². The summed E-state index contributed by atoms with van der Waals surface area (Å²) in [6.45, 7) is 9.73. The summed E-state index contributed by atoms with van der Waals surface area (Å²) in [5.74, 6) is 0.623. The molecule has 0 heterocycles. The van der Waals surface area contributed by atoms with Crippen molar-refractivity contribution in [3.05, 3.63) is 35.4 Å². The number of carbonyl (C=O) groups is 1. The van der Waals surface area contributed by atoms with Crippen LogP contribution < -0.4 is 0 Å². The van der Waals surface area contributed by atoms with Crippen LogP contribution in [0.1, 0.15) is 44.2 Å². The molecule has 2 nitrogen and oxygen atoms in total. The second-order valence-corrected chi connectivity index (χ2v) is 5.65. The van der Waals surface area contributed by atoms with Crippen LogP contribution in [-0.4, -0.2) is 23.9 Å². The smallest absolute Gasteiger partial charge is 0.245 e. The first kappa shape index (κ1) is 16.0. The lowest BCUT2D eigenvalue weighted by atomic mass is 10.0. The van der Waals surface area contributed by atoms with Crippen molar-refractivity contribution in [2.75, 3.05) is 13.1 Å². The molecule has 0 aliphatic rings. The maximum atomic E-state index is 12.2. The summed E-state index contributed by atoms with van der Waals surface area (Å²) < 4.78 is 0. The van der Waals surface area contributed by atoms with Gasteiger partial charge < -0.3 is 4.90 Å². The molecule has 1 aromatic rings. The van der Waals surface area contributed by atoms with Gasteiger partial charge in [0, 0.05) is 13.1 Å². The van der Waals surface area contributed by atoms with Gasteiger partial charge >= 0.3 is 0 Å². The van der Waals surface area contributed by atoms with E-state index in [9.17, 15) is 4.79 Å². The van der Waals surface area contributed by atoms with E-state index < -0.39 is 5.38 Å². The molecule has 0 aliphatic heterocycles. The number of rotatable bonds is 6. The highest BCUT2D eigenvalue weighted by Crippen LogP contribution is 2.24. The zero-order chi connectivity index (χ0) is 14.4. The van der Waals surface area contributed by atoms with E-state index in [-0.39, 0.29) is 5.91 Å². The van der Waals surface area contributed by atoms with E-state index in [0.717, 1.165) is 12.0 Å². The van der Waals surface area contributed by atoms with Gasteiger partial charge in [-0.15, -0.1) is 11.6 Å². The Kier molecular flexibility index (Phi) is 6.36. The third-order valence-corrected chi connectivity index (χ3v) is 3.65. The average molecular weight is 282 g/mol. The van der Waals surface area contributed by atoms with Gasteiger partial charge in [-0.3, -0.25) is 4.79 Å². The molecule has 0 N–H and O–H groups in total. The van der Waals surface area contributed by atoms with Gasteiger partial charge in [-0.2, -0.15) is 0 Å². The molecular weight excluding hydrogens is 258 g/mol. The standard InChI is InChI=1S/C16H24ClNO/c1-5-18(6-2)16(19)15(17)14-9-7-13(8-10-14)11-12(3)4/h7-10,12,15H,5-6,11H2,1-4H3. The Morgan fingerprint density at radius 1 is 1.16 bits per heavy atom. The summed E-state index contributed by atoms with van der Waals surface area (Å²) in [7, 11) is 0. The van der Waals surface area contributed by atoms with Crippen molar-refractivity contribution in [1.29, 1.82) is 0 Å². The molecule has 0 radical (unpaired) electrons. The Morgan fingerprint density at radius 2 is 1.68 bits per heavy atom. The van der Waals surface area contributed by atoms with Crippen molar-refractivity contribution in [2.24, 2.45) is 5.92 Å². The first-order valence-electron chi connectivity index (χ1n) is 7.01. The molecule has 0 aromatic heterocycles. The highest BCUT2D eigenvalue weighted by molar-refractivity contribution is 6.30. The highest BCUT2D eigenvalue weighted by Gasteiger charge is 2.21. The average Bonchev–Trinajstić information content (AvgIpc) is 2.39. The molecule has 1 atom stereocenters. The molecule has 0 fully saturated rings. The van der Waals surface area contributed by atoms with Gasteiger partial charge in [0.05, 0.1) is 0 Å². The van der Waals surface area contributed by atoms with E-state index in [2.05, 4.69) is 26.0 Å². The molecule has 0 bridgehead atoms. The van der Waals surface area contributed by atoms with Gasteiger partial charge in [0.15, 0.2) is 0 Å². The van der Waals surface area contributed by atoms with Crippen molar-refractivity contribution in [2.45, 2.75) is 39.5 Å². The third kappa shape index (κ3) is 4.54. The predicted molar refractivity (Wildman–Crippen MR) is 81.5 cm³/mol. The van der Waals surface area contributed by atoms with Crippen LogP contribution in [0, 0.1) is 5.92 Å². The fourth-order valence-electron chi connectivity index (χ4n) is 2.13. The Balaban J connectivity index is 2.77. The van der Waals surface area contributed by atoms with E-state index in [1.54, 1.807) is 4.90 Å². The first-order valence-corrected chi connectivity index (χ1v) is 7.44. The number of likely N-dealkylation sites (N-methyl/N-ethyl adjacent to an activating group) is 1. The van der Waals surface area contributed by atoms with Crippen LogP contribution in [0.3, 0.4) is 0 Å². The summed E-state index contributed by atoms with van der Waals surface area (Å²) in [4.78, 5) is 13.9. The minimum Gasteiger partial charge on any atom is -0.342 e. The molecule has 106 valence electrons. The third-order valence-electron chi connectivity index (χ3n) is 3.21. The number of hydrogen-bond acceptors (Lipinski definition) is 1. The van der Waals surface area contributed by atoms with Crippen molar-refractivity contribution in [3.8, 4) is 0 Å². The lowest BCUT2D eigenvalue weighted by Gasteiger charge is -2.22. The van der Waals surface area contributed by atoms with E-state index in [1.807, 2.05) is 26.0 Å². The normalized spacial score (nSPS) is 12.5. The molecule has 19 heavy (non-hydrogen) atoms. The Morgan fingerprint density at radius 3 is 2.11 bits per heavy atom. The second-order valence-electron chi connectivity index (χ2n) is 5.21. The van der Waals surface area contributed by atoms with Gasteiger partial charge in [-0.25, -0.2) is 0 Å². The number of halogens is 1. The summed E-state index contributed by atoms with van der Waals surface area (Å²) in [5.41, 5.74) is 2.17. The maximum Gasteiger partial charge on any atom is 0.245 e. The first-order chi connectivity index (χ1) is 8.99. The maximum absolute atomic E-state index is 12.2. The summed E-state index contributed by atoms with van der Waals surface area (Å²) >= 11 is 6.28. The zero-order valence-corrected chi connectivity index (χ0v) is 13.1. The van der Waals surface area contributed by atoms with Crippen molar-refractivity contribution >= 4 is 17.5 Å². The number of amides is 1. The Bertz CT molecular complexity index is 396. The number of hydrogen-bond donors (Lipinski definition) is 0. The van der Waals surface area contributed by atoms with Crippen LogP contribution in [0.15, 0.2) is 24.3 Å². The summed E-state index contributed by atoms with van der Waals surface area (Å²) in [6.07, 6.45) is 1.05. The van der Waals surface area contributed by atoms with Gasteiger partial charge in [0.2, 0.25) is 5.91 Å². The molecule has 0 saturated carbocycles. The van der Waals surface area contributed by atoms with E-state index in [0.29, 0.717) is 19.0 Å². The van der Waals surface area contributed by atoms with Gasteiger partial charge in [0.1, 0.15) is 5.38 Å². The summed E-state index contributed by atoms with van der Waals surface area (Å²) in [5, 5.41) is -0.576. The monoisotopic (exact) mass is 281 g/mol. The van der Waals surface area contributed by atoms with Crippen LogP contribution in [-0.2, 0) is 11.2 Å². The fourth-order valence-corrected chi connectivity index (χ4v) is 2.42. The zero-order valence-electron chi connectivity index (χ0n) is 12.3. The fraction of sp³-hybridized carbons (Fsp3) is 0.562. The van der Waals surface area contributed by atoms with Gasteiger partial charge in [0.25, 0.3) is 0 Å². The molecule has 3 heteroatoms. The van der Waals surface area contributed by atoms with Gasteiger partial charge in [-0.1, -0.05) is 38.1 Å². The topological polar surface area (TPSA) is 20.3 Å². The van der Waals surface area contributed by atoms with Crippen LogP contribution in [0.5, 0.6) is 0 Å². The number of alkyl halides is 1. The van der Waals surface area contributed by atoms with E-state index >= 15 is 0 Å². The van der Waals surface area contributed by atoms with E-state index in [1.165, 1.54) is 5.56 Å². The SMILES string of the molecule is CCN(CC)C(=O)C(Cl)c1ccc(CC(C)C)cc1. The molecule has 1 amide bonds. The quantitative estimate of drug-likeness (QED) is 0.721. The van der Waals surface area contributed by atoms with Crippen molar-refractivity contribution in [1.82, 2.24) is 4.90 Å². The minimum absolute atomic E-state index is 0.0109.